The number of benzene rings is 3. The van der Waals surface area contributed by atoms with Crippen LogP contribution in [0.15, 0.2) is 78.9 Å². The SMILES string of the molecule is O=C(CCOc1ccccc1-c1ccccc1)Nc1ccc([N+](=O)[O-])cc1. The Morgan fingerprint density at radius 2 is 1.59 bits per heavy atom. The molecule has 0 aliphatic carbocycles. The van der Waals surface area contributed by atoms with E-state index in [2.05, 4.69) is 5.32 Å². The fourth-order valence-corrected chi connectivity index (χ4v) is 2.59. The summed E-state index contributed by atoms with van der Waals surface area (Å²) in [5.74, 6) is 0.493. The van der Waals surface area contributed by atoms with Crippen molar-refractivity contribution >= 4 is 17.3 Å². The average Bonchev–Trinajstić information content (AvgIpc) is 2.69. The molecule has 27 heavy (non-hydrogen) atoms. The van der Waals surface area contributed by atoms with Crippen molar-refractivity contribution in [3.63, 3.8) is 0 Å². The molecule has 0 spiro atoms. The van der Waals surface area contributed by atoms with Crippen molar-refractivity contribution in [1.82, 2.24) is 0 Å². The number of carbonyl (C=O) groups is 1. The Balaban J connectivity index is 1.56. The minimum Gasteiger partial charge on any atom is -0.492 e. The summed E-state index contributed by atoms with van der Waals surface area (Å²) in [6, 6.07) is 23.3. The summed E-state index contributed by atoms with van der Waals surface area (Å²) in [6.07, 6.45) is 0.167. The number of anilines is 1. The highest BCUT2D eigenvalue weighted by atomic mass is 16.6. The second kappa shape index (κ2) is 8.62. The first-order chi connectivity index (χ1) is 13.1. The van der Waals surface area contributed by atoms with E-state index in [-0.39, 0.29) is 24.6 Å². The fraction of sp³-hybridized carbons (Fsp3) is 0.0952. The molecule has 0 saturated carbocycles. The van der Waals surface area contributed by atoms with E-state index in [1.54, 1.807) is 0 Å². The maximum absolute atomic E-state index is 12.1. The van der Waals surface area contributed by atoms with Gasteiger partial charge in [0.2, 0.25) is 5.91 Å². The highest BCUT2D eigenvalue weighted by Gasteiger charge is 2.09. The molecule has 0 heterocycles. The van der Waals surface area contributed by atoms with Crippen LogP contribution in [0, 0.1) is 10.1 Å². The lowest BCUT2D eigenvalue weighted by molar-refractivity contribution is -0.384. The van der Waals surface area contributed by atoms with Gasteiger partial charge >= 0.3 is 0 Å². The molecule has 1 amide bonds. The summed E-state index contributed by atoms with van der Waals surface area (Å²) in [6.45, 7) is 0.225. The number of nitrogens with one attached hydrogen (secondary N) is 1. The molecular formula is C21H18N2O4. The van der Waals surface area contributed by atoms with Crippen LogP contribution in [0.5, 0.6) is 5.75 Å². The molecule has 136 valence electrons. The Morgan fingerprint density at radius 1 is 0.926 bits per heavy atom. The highest BCUT2D eigenvalue weighted by Crippen LogP contribution is 2.29. The van der Waals surface area contributed by atoms with Gasteiger partial charge < -0.3 is 10.1 Å². The summed E-state index contributed by atoms with van der Waals surface area (Å²) in [5, 5.41) is 13.3. The topological polar surface area (TPSA) is 81.5 Å². The first-order valence-electron chi connectivity index (χ1n) is 8.45. The van der Waals surface area contributed by atoms with Gasteiger partial charge in [0.15, 0.2) is 0 Å². The van der Waals surface area contributed by atoms with Gasteiger partial charge in [-0.15, -0.1) is 0 Å². The van der Waals surface area contributed by atoms with E-state index in [4.69, 9.17) is 4.74 Å². The van der Waals surface area contributed by atoms with Crippen LogP contribution >= 0.6 is 0 Å². The molecule has 0 aromatic heterocycles. The van der Waals surface area contributed by atoms with Crippen molar-refractivity contribution in [2.45, 2.75) is 6.42 Å². The molecule has 0 saturated heterocycles. The Kier molecular flexibility index (Phi) is 5.79. The zero-order valence-electron chi connectivity index (χ0n) is 14.5. The summed E-state index contributed by atoms with van der Waals surface area (Å²) in [5.41, 5.74) is 2.50. The lowest BCUT2D eigenvalue weighted by atomic mass is 10.1. The molecule has 0 aliphatic rings. The minimum atomic E-state index is -0.483. The molecule has 0 unspecified atom stereocenters. The Bertz CT molecular complexity index is 924. The number of carbonyl (C=O) groups excluding carboxylic acids is 1. The van der Waals surface area contributed by atoms with Gasteiger partial charge in [0, 0.05) is 23.4 Å². The molecule has 6 heteroatoms. The standard InChI is InChI=1S/C21H18N2O4/c24-21(22-17-10-12-18(13-11-17)23(25)26)14-15-27-20-9-5-4-8-19(20)16-6-2-1-3-7-16/h1-13H,14-15H2,(H,22,24). The smallest absolute Gasteiger partial charge is 0.269 e. The number of para-hydroxylation sites is 1. The van der Waals surface area contributed by atoms with Crippen molar-refractivity contribution in [3.8, 4) is 16.9 Å². The average molecular weight is 362 g/mol. The van der Waals surface area contributed by atoms with Crippen LogP contribution in [0.3, 0.4) is 0 Å². The second-order valence-corrected chi connectivity index (χ2v) is 5.81. The van der Waals surface area contributed by atoms with E-state index in [1.165, 1.54) is 24.3 Å². The van der Waals surface area contributed by atoms with Crippen molar-refractivity contribution in [2.24, 2.45) is 0 Å². The Morgan fingerprint density at radius 3 is 2.30 bits per heavy atom. The molecule has 0 bridgehead atoms. The van der Waals surface area contributed by atoms with E-state index < -0.39 is 4.92 Å². The number of hydrogen-bond donors (Lipinski definition) is 1. The van der Waals surface area contributed by atoms with Crippen molar-refractivity contribution < 1.29 is 14.5 Å². The van der Waals surface area contributed by atoms with E-state index in [1.807, 2.05) is 54.6 Å². The van der Waals surface area contributed by atoms with E-state index in [0.29, 0.717) is 11.4 Å². The van der Waals surface area contributed by atoms with Gasteiger partial charge in [-0.1, -0.05) is 48.5 Å². The van der Waals surface area contributed by atoms with Crippen LogP contribution in [0.2, 0.25) is 0 Å². The molecule has 0 atom stereocenters. The summed E-state index contributed by atoms with van der Waals surface area (Å²) >= 11 is 0. The van der Waals surface area contributed by atoms with Crippen LogP contribution in [0.25, 0.3) is 11.1 Å². The molecule has 3 aromatic rings. The maximum Gasteiger partial charge on any atom is 0.269 e. The van der Waals surface area contributed by atoms with Gasteiger partial charge in [-0.25, -0.2) is 0 Å². The van der Waals surface area contributed by atoms with Gasteiger partial charge in [-0.2, -0.15) is 0 Å². The van der Waals surface area contributed by atoms with E-state index >= 15 is 0 Å². The predicted octanol–water partition coefficient (Wildman–Crippen LogP) is 4.67. The summed E-state index contributed by atoms with van der Waals surface area (Å²) < 4.78 is 5.80. The van der Waals surface area contributed by atoms with Gasteiger partial charge in [-0.05, 0) is 23.8 Å². The minimum absolute atomic E-state index is 0.0196. The first-order valence-corrected chi connectivity index (χ1v) is 8.45. The second-order valence-electron chi connectivity index (χ2n) is 5.81. The number of nitro groups is 1. The van der Waals surface area contributed by atoms with Crippen LogP contribution < -0.4 is 10.1 Å². The summed E-state index contributed by atoms with van der Waals surface area (Å²) in [7, 11) is 0. The molecule has 3 aromatic carbocycles. The summed E-state index contributed by atoms with van der Waals surface area (Å²) in [4.78, 5) is 22.2. The monoisotopic (exact) mass is 362 g/mol. The third kappa shape index (κ3) is 4.92. The van der Waals surface area contributed by atoms with Crippen LogP contribution in [-0.2, 0) is 4.79 Å². The molecule has 3 rings (SSSR count). The normalized spacial score (nSPS) is 10.2. The maximum atomic E-state index is 12.1. The molecule has 0 fully saturated rings. The van der Waals surface area contributed by atoms with Crippen molar-refractivity contribution in [3.05, 3.63) is 89.0 Å². The van der Waals surface area contributed by atoms with Gasteiger partial charge in [-0.3, -0.25) is 14.9 Å². The van der Waals surface area contributed by atoms with Crippen LogP contribution in [-0.4, -0.2) is 17.4 Å². The third-order valence-corrected chi connectivity index (χ3v) is 3.92. The van der Waals surface area contributed by atoms with Crippen LogP contribution in [0.4, 0.5) is 11.4 Å². The highest BCUT2D eigenvalue weighted by molar-refractivity contribution is 5.90. The molecule has 1 N–H and O–H groups in total. The van der Waals surface area contributed by atoms with Gasteiger partial charge in [0.25, 0.3) is 5.69 Å². The number of ether oxygens (including phenoxy) is 1. The van der Waals surface area contributed by atoms with Gasteiger partial charge in [0.1, 0.15) is 5.75 Å². The largest absolute Gasteiger partial charge is 0.492 e. The quantitative estimate of drug-likeness (QED) is 0.489. The zero-order valence-corrected chi connectivity index (χ0v) is 14.5. The van der Waals surface area contributed by atoms with E-state index in [9.17, 15) is 14.9 Å². The molecule has 0 radical (unpaired) electrons. The fourth-order valence-electron chi connectivity index (χ4n) is 2.59. The number of nitro benzene ring substituents is 1. The van der Waals surface area contributed by atoms with Crippen molar-refractivity contribution in [1.29, 1.82) is 0 Å². The number of hydrogen-bond acceptors (Lipinski definition) is 4. The molecule has 6 nitrogen and oxygen atoms in total. The van der Waals surface area contributed by atoms with Crippen LogP contribution in [0.1, 0.15) is 6.42 Å². The molecular weight excluding hydrogens is 344 g/mol. The zero-order chi connectivity index (χ0) is 19.1. The lowest BCUT2D eigenvalue weighted by Gasteiger charge is -2.12. The number of non-ortho nitro benzene ring substituents is 1. The van der Waals surface area contributed by atoms with E-state index in [0.717, 1.165) is 11.1 Å². The van der Waals surface area contributed by atoms with Gasteiger partial charge in [0.05, 0.1) is 18.0 Å². The Labute approximate surface area is 156 Å². The third-order valence-electron chi connectivity index (χ3n) is 3.92. The first kappa shape index (κ1) is 18.1. The number of amides is 1. The predicted molar refractivity (Wildman–Crippen MR) is 104 cm³/mol. The molecule has 0 aliphatic heterocycles. The Hall–Kier alpha value is -3.67. The lowest BCUT2D eigenvalue weighted by Crippen LogP contribution is -2.15. The van der Waals surface area contributed by atoms with Crippen molar-refractivity contribution in [2.75, 3.05) is 11.9 Å². The number of rotatable bonds is 7. The number of nitrogens with zero attached hydrogens (tertiary/aromatic N) is 1.